The summed E-state index contributed by atoms with van der Waals surface area (Å²) < 4.78 is 19.5. The number of amides is 1. The molecule has 1 fully saturated rings. The molecule has 2 aromatic rings. The molecule has 0 spiro atoms. The summed E-state index contributed by atoms with van der Waals surface area (Å²) in [6.07, 6.45) is 0. The van der Waals surface area contributed by atoms with Crippen molar-refractivity contribution >= 4 is 29.0 Å². The molecule has 0 unspecified atom stereocenters. The van der Waals surface area contributed by atoms with Gasteiger partial charge in [-0.3, -0.25) is 9.59 Å². The van der Waals surface area contributed by atoms with Crippen LogP contribution in [0.25, 0.3) is 0 Å². The Morgan fingerprint density at radius 1 is 1.28 bits per heavy atom. The van der Waals surface area contributed by atoms with Crippen LogP contribution in [0.3, 0.4) is 0 Å². The summed E-state index contributed by atoms with van der Waals surface area (Å²) in [4.78, 5) is 26.1. The molecule has 7 nitrogen and oxygen atoms in total. The Morgan fingerprint density at radius 2 is 2.04 bits per heavy atom. The maximum absolute atomic E-state index is 13.1. The number of halogens is 2. The number of nitrogens with one attached hydrogen (secondary N) is 1. The lowest BCUT2D eigenvalue weighted by Crippen LogP contribution is -2.38. The van der Waals surface area contributed by atoms with Crippen LogP contribution in [-0.4, -0.2) is 42.0 Å². The molecule has 0 bridgehead atoms. The highest BCUT2D eigenvalue weighted by molar-refractivity contribution is 6.31. The number of hydrogen-bond acceptors (Lipinski definition) is 5. The van der Waals surface area contributed by atoms with Crippen molar-refractivity contribution in [2.45, 2.75) is 6.54 Å². The zero-order valence-corrected chi connectivity index (χ0v) is 14.0. The summed E-state index contributed by atoms with van der Waals surface area (Å²) in [5.74, 6) is -0.423. The van der Waals surface area contributed by atoms with E-state index in [1.165, 1.54) is 18.2 Å². The van der Waals surface area contributed by atoms with E-state index in [0.717, 1.165) is 10.7 Å². The zero-order chi connectivity index (χ0) is 17.8. The molecule has 2 heterocycles. The summed E-state index contributed by atoms with van der Waals surface area (Å²) in [5, 5.41) is 6.70. The van der Waals surface area contributed by atoms with E-state index in [4.69, 9.17) is 16.3 Å². The molecule has 0 radical (unpaired) electrons. The van der Waals surface area contributed by atoms with Gasteiger partial charge in [-0.2, -0.15) is 5.10 Å². The number of benzene rings is 1. The van der Waals surface area contributed by atoms with Crippen LogP contribution in [0.1, 0.15) is 0 Å². The third-order valence-electron chi connectivity index (χ3n) is 3.68. The average Bonchev–Trinajstić information content (AvgIpc) is 2.61. The normalized spacial score (nSPS) is 14.4. The first-order valence-corrected chi connectivity index (χ1v) is 8.06. The van der Waals surface area contributed by atoms with Gasteiger partial charge >= 0.3 is 0 Å². The Balaban J connectivity index is 1.71. The lowest BCUT2D eigenvalue weighted by molar-refractivity contribution is -0.117. The van der Waals surface area contributed by atoms with E-state index in [9.17, 15) is 14.0 Å². The molecular weight excluding hydrogens is 351 g/mol. The molecular formula is C16H16ClFN4O3. The van der Waals surface area contributed by atoms with Crippen molar-refractivity contribution < 1.29 is 13.9 Å². The van der Waals surface area contributed by atoms with Crippen LogP contribution in [0.5, 0.6) is 0 Å². The van der Waals surface area contributed by atoms with Crippen LogP contribution in [0, 0.1) is 5.82 Å². The van der Waals surface area contributed by atoms with Crippen LogP contribution in [-0.2, 0) is 16.1 Å². The highest BCUT2D eigenvalue weighted by Crippen LogP contribution is 2.19. The fraction of sp³-hybridized carbons (Fsp3) is 0.312. The van der Waals surface area contributed by atoms with Gasteiger partial charge in [0, 0.05) is 24.8 Å². The van der Waals surface area contributed by atoms with E-state index in [1.54, 1.807) is 6.07 Å². The Bertz CT molecular complexity index is 836. The summed E-state index contributed by atoms with van der Waals surface area (Å²) >= 11 is 5.68. The number of carbonyl (C=O) groups is 1. The smallest absolute Gasteiger partial charge is 0.267 e. The van der Waals surface area contributed by atoms with Crippen molar-refractivity contribution in [2.24, 2.45) is 0 Å². The first kappa shape index (κ1) is 17.4. The van der Waals surface area contributed by atoms with Gasteiger partial charge in [-0.15, -0.1) is 0 Å². The van der Waals surface area contributed by atoms with Crippen LogP contribution >= 0.6 is 11.6 Å². The summed E-state index contributed by atoms with van der Waals surface area (Å²) in [6, 6.07) is 6.84. The number of aromatic nitrogens is 2. The number of hydrogen-bond donors (Lipinski definition) is 1. The van der Waals surface area contributed by atoms with Gasteiger partial charge in [0.15, 0.2) is 0 Å². The van der Waals surface area contributed by atoms with E-state index in [-0.39, 0.29) is 17.1 Å². The fourth-order valence-electron chi connectivity index (χ4n) is 2.42. The number of carbonyl (C=O) groups excluding carboxylic acids is 1. The molecule has 25 heavy (non-hydrogen) atoms. The first-order chi connectivity index (χ1) is 12.0. The first-order valence-electron chi connectivity index (χ1n) is 7.69. The minimum Gasteiger partial charge on any atom is -0.378 e. The second-order valence-electron chi connectivity index (χ2n) is 5.46. The maximum atomic E-state index is 13.1. The highest BCUT2D eigenvalue weighted by Gasteiger charge is 2.15. The second-order valence-corrected chi connectivity index (χ2v) is 5.87. The van der Waals surface area contributed by atoms with E-state index in [1.807, 2.05) is 4.90 Å². The Hall–Kier alpha value is -2.45. The number of anilines is 2. The van der Waals surface area contributed by atoms with Crippen LogP contribution in [0.4, 0.5) is 15.9 Å². The van der Waals surface area contributed by atoms with Gasteiger partial charge in [-0.25, -0.2) is 9.07 Å². The van der Waals surface area contributed by atoms with Crippen molar-refractivity contribution in [3.63, 3.8) is 0 Å². The monoisotopic (exact) mass is 366 g/mol. The van der Waals surface area contributed by atoms with E-state index in [2.05, 4.69) is 10.4 Å². The van der Waals surface area contributed by atoms with Crippen molar-refractivity contribution in [2.75, 3.05) is 36.5 Å². The van der Waals surface area contributed by atoms with Gasteiger partial charge in [0.2, 0.25) is 5.91 Å². The summed E-state index contributed by atoms with van der Waals surface area (Å²) in [6.45, 7) is 2.27. The minimum absolute atomic E-state index is 0.0950. The molecule has 1 amide bonds. The largest absolute Gasteiger partial charge is 0.378 e. The van der Waals surface area contributed by atoms with Crippen molar-refractivity contribution in [1.82, 2.24) is 9.78 Å². The molecule has 132 valence electrons. The Labute approximate surface area is 148 Å². The number of rotatable bonds is 4. The molecule has 1 aliphatic heterocycles. The number of nitrogens with zero attached hydrogens (tertiary/aromatic N) is 3. The molecule has 1 aliphatic rings. The van der Waals surface area contributed by atoms with E-state index >= 15 is 0 Å². The molecule has 9 heteroatoms. The SMILES string of the molecule is O=C(Cn1nc(N2CCOCC2)ccc1=O)Nc1ccc(F)c(Cl)c1. The molecule has 0 aliphatic carbocycles. The fourth-order valence-corrected chi connectivity index (χ4v) is 2.60. The lowest BCUT2D eigenvalue weighted by atomic mass is 10.3. The Morgan fingerprint density at radius 3 is 2.76 bits per heavy atom. The lowest BCUT2D eigenvalue weighted by Gasteiger charge is -2.27. The molecule has 1 aromatic carbocycles. The zero-order valence-electron chi connectivity index (χ0n) is 13.2. The minimum atomic E-state index is -0.573. The third-order valence-corrected chi connectivity index (χ3v) is 3.97. The number of morpholine rings is 1. The van der Waals surface area contributed by atoms with E-state index in [0.29, 0.717) is 37.8 Å². The van der Waals surface area contributed by atoms with Gasteiger partial charge in [-0.05, 0) is 24.3 Å². The Kier molecular flexibility index (Phi) is 5.30. The molecule has 0 atom stereocenters. The maximum Gasteiger partial charge on any atom is 0.267 e. The van der Waals surface area contributed by atoms with Crippen LogP contribution in [0.2, 0.25) is 5.02 Å². The van der Waals surface area contributed by atoms with E-state index < -0.39 is 11.7 Å². The average molecular weight is 367 g/mol. The van der Waals surface area contributed by atoms with Crippen molar-refractivity contribution in [1.29, 1.82) is 0 Å². The molecule has 0 saturated carbocycles. The molecule has 1 saturated heterocycles. The van der Waals surface area contributed by atoms with Crippen molar-refractivity contribution in [3.8, 4) is 0 Å². The molecule has 3 rings (SSSR count). The summed E-state index contributed by atoms with van der Waals surface area (Å²) in [5.41, 5.74) is -0.0434. The predicted molar refractivity (Wildman–Crippen MR) is 91.6 cm³/mol. The van der Waals surface area contributed by atoms with Gasteiger partial charge in [0.25, 0.3) is 5.56 Å². The highest BCUT2D eigenvalue weighted by atomic mass is 35.5. The second kappa shape index (κ2) is 7.62. The third kappa shape index (κ3) is 4.34. The van der Waals surface area contributed by atoms with Crippen LogP contribution in [0.15, 0.2) is 35.1 Å². The predicted octanol–water partition coefficient (Wildman–Crippen LogP) is 1.51. The quantitative estimate of drug-likeness (QED) is 0.887. The van der Waals surface area contributed by atoms with Gasteiger partial charge < -0.3 is 15.0 Å². The summed E-state index contributed by atoms with van der Waals surface area (Å²) in [7, 11) is 0. The van der Waals surface area contributed by atoms with Crippen molar-refractivity contribution in [3.05, 3.63) is 51.5 Å². The molecule has 1 aromatic heterocycles. The number of ether oxygens (including phenoxy) is 1. The standard InChI is InChI=1S/C16H16ClFN4O3/c17-12-9-11(1-2-13(12)18)19-15(23)10-22-16(24)4-3-14(20-22)21-5-7-25-8-6-21/h1-4,9H,5-8,10H2,(H,19,23). The van der Waals surface area contributed by atoms with Gasteiger partial charge in [0.1, 0.15) is 18.2 Å². The van der Waals surface area contributed by atoms with Crippen LogP contribution < -0.4 is 15.8 Å². The van der Waals surface area contributed by atoms with Gasteiger partial charge in [0.05, 0.1) is 18.2 Å². The topological polar surface area (TPSA) is 76.5 Å². The molecule has 1 N–H and O–H groups in total. The van der Waals surface area contributed by atoms with Gasteiger partial charge in [-0.1, -0.05) is 11.6 Å².